The summed E-state index contributed by atoms with van der Waals surface area (Å²) in [6.45, 7) is 0. The van der Waals surface area contributed by atoms with Crippen LogP contribution in [0.5, 0.6) is 0 Å². The standard InChI is InChI=1S/C19H12Cl4N2O3S/c20-11-5-1-3-9(16(11)22)13(7-15(26)27)24-18(28)14-8-29-19(25-14)10-4-2-6-12(21)17(10)23/h1-6,8,13H,7H2,(H,24,28)(H,26,27). The molecule has 2 N–H and O–H groups in total. The van der Waals surface area contributed by atoms with Gasteiger partial charge in [-0.05, 0) is 17.7 Å². The molecule has 10 heteroatoms. The fourth-order valence-electron chi connectivity index (χ4n) is 2.61. The van der Waals surface area contributed by atoms with E-state index in [-0.39, 0.29) is 22.2 Å². The van der Waals surface area contributed by atoms with Gasteiger partial charge < -0.3 is 10.4 Å². The van der Waals surface area contributed by atoms with Gasteiger partial charge in [0.2, 0.25) is 0 Å². The van der Waals surface area contributed by atoms with Gasteiger partial charge in [-0.2, -0.15) is 0 Å². The molecule has 3 aromatic rings. The Bertz CT molecular complexity index is 1090. The molecule has 0 saturated carbocycles. The minimum atomic E-state index is -1.10. The zero-order valence-electron chi connectivity index (χ0n) is 14.5. The van der Waals surface area contributed by atoms with Crippen molar-refractivity contribution in [3.05, 3.63) is 73.1 Å². The monoisotopic (exact) mass is 488 g/mol. The highest BCUT2D eigenvalue weighted by molar-refractivity contribution is 7.13. The van der Waals surface area contributed by atoms with E-state index >= 15 is 0 Å². The maximum atomic E-state index is 12.7. The van der Waals surface area contributed by atoms with E-state index in [1.807, 2.05) is 0 Å². The largest absolute Gasteiger partial charge is 0.481 e. The van der Waals surface area contributed by atoms with Gasteiger partial charge in [0.25, 0.3) is 5.91 Å². The summed E-state index contributed by atoms with van der Waals surface area (Å²) in [5.74, 6) is -1.65. The lowest BCUT2D eigenvalue weighted by Crippen LogP contribution is -2.30. The first-order valence-electron chi connectivity index (χ1n) is 8.14. The second kappa shape index (κ2) is 9.32. The van der Waals surface area contributed by atoms with Crippen LogP contribution in [0.4, 0.5) is 0 Å². The molecule has 0 bridgehead atoms. The summed E-state index contributed by atoms with van der Waals surface area (Å²) in [6.07, 6.45) is -0.372. The second-order valence-electron chi connectivity index (χ2n) is 5.91. The number of carbonyl (C=O) groups excluding carboxylic acids is 1. The first kappa shape index (κ1) is 21.9. The Balaban J connectivity index is 1.87. The van der Waals surface area contributed by atoms with E-state index in [9.17, 15) is 14.7 Å². The highest BCUT2D eigenvalue weighted by Gasteiger charge is 2.23. The van der Waals surface area contributed by atoms with Gasteiger partial charge in [-0.25, -0.2) is 4.98 Å². The molecule has 5 nitrogen and oxygen atoms in total. The molecule has 0 aliphatic carbocycles. The molecule has 0 aliphatic heterocycles. The molecule has 1 unspecified atom stereocenters. The number of nitrogens with zero attached hydrogens (tertiary/aromatic N) is 1. The van der Waals surface area contributed by atoms with Crippen LogP contribution in [0.1, 0.15) is 28.5 Å². The van der Waals surface area contributed by atoms with E-state index in [0.717, 1.165) is 0 Å². The van der Waals surface area contributed by atoms with Gasteiger partial charge in [0.05, 0.1) is 32.6 Å². The van der Waals surface area contributed by atoms with Crippen LogP contribution >= 0.6 is 57.7 Å². The lowest BCUT2D eigenvalue weighted by molar-refractivity contribution is -0.137. The van der Waals surface area contributed by atoms with E-state index in [4.69, 9.17) is 46.4 Å². The highest BCUT2D eigenvalue weighted by Crippen LogP contribution is 2.35. The van der Waals surface area contributed by atoms with Crippen molar-refractivity contribution in [1.29, 1.82) is 0 Å². The lowest BCUT2D eigenvalue weighted by atomic mass is 10.0. The number of hydrogen-bond acceptors (Lipinski definition) is 4. The van der Waals surface area contributed by atoms with Crippen LogP contribution in [0.25, 0.3) is 10.6 Å². The maximum absolute atomic E-state index is 12.7. The molecule has 150 valence electrons. The molecule has 29 heavy (non-hydrogen) atoms. The van der Waals surface area contributed by atoms with E-state index in [2.05, 4.69) is 10.3 Å². The molecule has 2 aromatic carbocycles. The predicted octanol–water partition coefficient (Wildman–Crippen LogP) is 6.37. The number of carboxylic acids is 1. The third kappa shape index (κ3) is 5.02. The van der Waals surface area contributed by atoms with Crippen LogP contribution in [-0.4, -0.2) is 22.0 Å². The Morgan fingerprint density at radius 3 is 2.38 bits per heavy atom. The molecular weight excluding hydrogens is 478 g/mol. The summed E-state index contributed by atoms with van der Waals surface area (Å²) < 4.78 is 0. The minimum Gasteiger partial charge on any atom is -0.481 e. The molecule has 1 heterocycles. The zero-order valence-corrected chi connectivity index (χ0v) is 18.3. The van der Waals surface area contributed by atoms with E-state index < -0.39 is 17.9 Å². The summed E-state index contributed by atoms with van der Waals surface area (Å²) in [5.41, 5.74) is 1.13. The molecule has 0 radical (unpaired) electrons. The van der Waals surface area contributed by atoms with Gasteiger partial charge in [0.15, 0.2) is 0 Å². The molecule has 1 aromatic heterocycles. The summed E-state index contributed by atoms with van der Waals surface area (Å²) in [6, 6.07) is 9.06. The Morgan fingerprint density at radius 2 is 1.69 bits per heavy atom. The number of amides is 1. The van der Waals surface area contributed by atoms with Gasteiger partial charge >= 0.3 is 5.97 Å². The predicted molar refractivity (Wildman–Crippen MR) is 116 cm³/mol. The zero-order chi connectivity index (χ0) is 21.1. The van der Waals surface area contributed by atoms with Crippen LogP contribution in [0.3, 0.4) is 0 Å². The van der Waals surface area contributed by atoms with Crippen LogP contribution < -0.4 is 5.32 Å². The number of halogens is 4. The second-order valence-corrected chi connectivity index (χ2v) is 8.33. The highest BCUT2D eigenvalue weighted by atomic mass is 35.5. The Labute approximate surface area is 190 Å². The fraction of sp³-hybridized carbons (Fsp3) is 0.105. The van der Waals surface area contributed by atoms with E-state index in [1.54, 1.807) is 41.8 Å². The Kier molecular flexibility index (Phi) is 7.03. The summed E-state index contributed by atoms with van der Waals surface area (Å²) >= 11 is 25.7. The average Bonchev–Trinajstić information content (AvgIpc) is 3.15. The summed E-state index contributed by atoms with van der Waals surface area (Å²) in [5, 5.41) is 15.1. The van der Waals surface area contributed by atoms with Crippen molar-refractivity contribution in [2.45, 2.75) is 12.5 Å². The number of hydrogen-bond donors (Lipinski definition) is 2. The SMILES string of the molecule is O=C(O)CC(NC(=O)c1csc(-c2cccc(Cl)c2Cl)n1)c1cccc(Cl)c1Cl. The quantitative estimate of drug-likeness (QED) is 0.421. The van der Waals surface area contributed by atoms with Crippen molar-refractivity contribution < 1.29 is 14.7 Å². The van der Waals surface area contributed by atoms with Crippen molar-refractivity contribution in [3.63, 3.8) is 0 Å². The van der Waals surface area contributed by atoms with Crippen LogP contribution in [0, 0.1) is 0 Å². The molecule has 0 saturated heterocycles. The molecule has 0 spiro atoms. The number of carbonyl (C=O) groups is 2. The molecule has 0 aliphatic rings. The number of nitrogens with one attached hydrogen (secondary N) is 1. The number of rotatable bonds is 6. The number of carboxylic acid groups (broad SMARTS) is 1. The Morgan fingerprint density at radius 1 is 1.03 bits per heavy atom. The number of benzene rings is 2. The van der Waals surface area contributed by atoms with Crippen molar-refractivity contribution in [2.75, 3.05) is 0 Å². The topological polar surface area (TPSA) is 79.3 Å². The fourth-order valence-corrected chi connectivity index (χ4v) is 4.32. The maximum Gasteiger partial charge on any atom is 0.305 e. The number of aromatic nitrogens is 1. The molecular formula is C19H12Cl4N2O3S. The van der Waals surface area contributed by atoms with Crippen LogP contribution in [-0.2, 0) is 4.79 Å². The summed E-state index contributed by atoms with van der Waals surface area (Å²) in [4.78, 5) is 28.3. The molecule has 1 amide bonds. The Hall–Kier alpha value is -1.83. The van der Waals surface area contributed by atoms with Crippen molar-refractivity contribution >= 4 is 69.6 Å². The average molecular weight is 490 g/mol. The molecule has 1 atom stereocenters. The smallest absolute Gasteiger partial charge is 0.305 e. The minimum absolute atomic E-state index is 0.120. The third-order valence-corrected chi connectivity index (χ3v) is 6.49. The van der Waals surface area contributed by atoms with Crippen molar-refractivity contribution in [1.82, 2.24) is 10.3 Å². The van der Waals surface area contributed by atoms with Gasteiger partial charge in [-0.15, -0.1) is 11.3 Å². The van der Waals surface area contributed by atoms with Gasteiger partial charge in [-0.1, -0.05) is 70.7 Å². The number of thiazole rings is 1. The van der Waals surface area contributed by atoms with E-state index in [0.29, 0.717) is 26.2 Å². The first-order chi connectivity index (χ1) is 13.8. The van der Waals surface area contributed by atoms with Crippen molar-refractivity contribution in [3.8, 4) is 10.6 Å². The molecule has 3 rings (SSSR count). The first-order valence-corrected chi connectivity index (χ1v) is 10.5. The van der Waals surface area contributed by atoms with Gasteiger partial charge in [-0.3, -0.25) is 9.59 Å². The van der Waals surface area contributed by atoms with Gasteiger partial charge in [0, 0.05) is 10.9 Å². The third-order valence-electron chi connectivity index (χ3n) is 3.96. The normalized spacial score (nSPS) is 11.9. The van der Waals surface area contributed by atoms with E-state index in [1.165, 1.54) is 11.3 Å². The van der Waals surface area contributed by atoms with Crippen LogP contribution in [0.15, 0.2) is 41.8 Å². The molecule has 0 fully saturated rings. The van der Waals surface area contributed by atoms with Crippen LogP contribution in [0.2, 0.25) is 20.1 Å². The summed E-state index contributed by atoms with van der Waals surface area (Å²) in [7, 11) is 0. The number of aliphatic carboxylic acids is 1. The lowest BCUT2D eigenvalue weighted by Gasteiger charge is -2.18. The van der Waals surface area contributed by atoms with Crippen molar-refractivity contribution in [2.24, 2.45) is 0 Å². The van der Waals surface area contributed by atoms with Gasteiger partial charge in [0.1, 0.15) is 10.7 Å².